The first kappa shape index (κ1) is 21.6. The molecule has 8 heteroatoms. The van der Waals surface area contributed by atoms with Gasteiger partial charge in [-0.15, -0.1) is 24.0 Å². The van der Waals surface area contributed by atoms with Gasteiger partial charge in [-0.05, 0) is 30.0 Å². The molecule has 0 aromatic heterocycles. The van der Waals surface area contributed by atoms with Gasteiger partial charge >= 0.3 is 0 Å². The molecule has 0 spiro atoms. The van der Waals surface area contributed by atoms with Gasteiger partial charge in [0, 0.05) is 39.8 Å². The zero-order valence-electron chi connectivity index (χ0n) is 14.8. The Hall–Kier alpha value is -1.45. The lowest BCUT2D eigenvalue weighted by atomic mass is 9.99. The second kappa shape index (κ2) is 9.88. The van der Waals surface area contributed by atoms with Crippen LogP contribution in [0.3, 0.4) is 0 Å². The van der Waals surface area contributed by atoms with Crippen LogP contribution in [0.25, 0.3) is 0 Å². The van der Waals surface area contributed by atoms with Gasteiger partial charge in [0.25, 0.3) is 0 Å². The topological polar surface area (TPSA) is 47.9 Å². The highest BCUT2D eigenvalue weighted by atomic mass is 127. The highest BCUT2D eigenvalue weighted by Gasteiger charge is 2.22. The standard InChI is InChI=1S/C17H24F2N4O.HI/c1-4-6-20-17(21-10-16(24)22(2)3)23-7-5-14-12(11-23)8-13(18)9-15(14)19;/h8-9H,4-7,10-11H2,1-3H3,(H,20,21);1H. The minimum absolute atomic E-state index is 0. The van der Waals surface area contributed by atoms with Crippen molar-refractivity contribution in [3.8, 4) is 0 Å². The van der Waals surface area contributed by atoms with Gasteiger partial charge in [0.2, 0.25) is 5.91 Å². The maximum Gasteiger partial charge on any atom is 0.243 e. The van der Waals surface area contributed by atoms with E-state index in [1.807, 2.05) is 11.8 Å². The first-order valence-corrected chi connectivity index (χ1v) is 8.12. The lowest BCUT2D eigenvalue weighted by Gasteiger charge is -2.32. The Morgan fingerprint density at radius 3 is 2.72 bits per heavy atom. The lowest BCUT2D eigenvalue weighted by molar-refractivity contribution is -0.127. The molecule has 1 aromatic rings. The number of carbonyl (C=O) groups excluding carboxylic acids is 1. The number of rotatable bonds is 4. The predicted molar refractivity (Wildman–Crippen MR) is 105 cm³/mol. The molecule has 0 saturated heterocycles. The summed E-state index contributed by atoms with van der Waals surface area (Å²) < 4.78 is 27.3. The molecule has 0 bridgehead atoms. The zero-order chi connectivity index (χ0) is 17.7. The fourth-order valence-corrected chi connectivity index (χ4v) is 2.58. The third-order valence-electron chi connectivity index (χ3n) is 3.94. The lowest BCUT2D eigenvalue weighted by Crippen LogP contribution is -2.45. The Balaban J connectivity index is 0.00000312. The molecule has 0 atom stereocenters. The summed E-state index contributed by atoms with van der Waals surface area (Å²) in [6.07, 6.45) is 1.39. The number of fused-ring (bicyclic) bond motifs is 1. The highest BCUT2D eigenvalue weighted by molar-refractivity contribution is 14.0. The number of hydrogen-bond acceptors (Lipinski definition) is 2. The maximum atomic E-state index is 13.9. The number of likely N-dealkylation sites (N-methyl/N-ethyl adjacent to an activating group) is 1. The van der Waals surface area contributed by atoms with Crippen LogP contribution in [0.2, 0.25) is 0 Å². The molecule has 0 fully saturated rings. The van der Waals surface area contributed by atoms with Gasteiger partial charge in [0.15, 0.2) is 5.96 Å². The number of amides is 1. The minimum atomic E-state index is -0.573. The van der Waals surface area contributed by atoms with E-state index in [4.69, 9.17) is 0 Å². The van der Waals surface area contributed by atoms with E-state index in [1.165, 1.54) is 11.0 Å². The third kappa shape index (κ3) is 5.79. The first-order valence-electron chi connectivity index (χ1n) is 8.12. The summed E-state index contributed by atoms with van der Waals surface area (Å²) in [4.78, 5) is 19.6. The smallest absolute Gasteiger partial charge is 0.243 e. The molecule has 140 valence electrons. The Labute approximate surface area is 164 Å². The molecule has 1 amide bonds. The van der Waals surface area contributed by atoms with Crippen molar-refractivity contribution in [2.45, 2.75) is 26.3 Å². The molecule has 1 aliphatic rings. The molecule has 0 aliphatic carbocycles. The first-order chi connectivity index (χ1) is 11.4. The summed E-state index contributed by atoms with van der Waals surface area (Å²) in [6.45, 7) is 3.73. The fourth-order valence-electron chi connectivity index (χ4n) is 2.58. The highest BCUT2D eigenvalue weighted by Crippen LogP contribution is 2.23. The van der Waals surface area contributed by atoms with Gasteiger partial charge in [-0.2, -0.15) is 0 Å². The molecule has 1 heterocycles. The summed E-state index contributed by atoms with van der Waals surface area (Å²) >= 11 is 0. The summed E-state index contributed by atoms with van der Waals surface area (Å²) in [5, 5.41) is 3.21. The summed E-state index contributed by atoms with van der Waals surface area (Å²) in [6, 6.07) is 2.29. The Bertz CT molecular complexity index is 637. The molecular formula is C17H25F2IN4O. The number of hydrogen-bond donors (Lipinski definition) is 1. The second-order valence-electron chi connectivity index (χ2n) is 6.05. The number of carbonyl (C=O) groups is 1. The van der Waals surface area contributed by atoms with Gasteiger partial charge in [-0.3, -0.25) is 4.79 Å². The number of aliphatic imine (C=N–C) groups is 1. The zero-order valence-corrected chi connectivity index (χ0v) is 17.1. The van der Waals surface area contributed by atoms with Crippen molar-refractivity contribution in [1.82, 2.24) is 15.1 Å². The molecule has 1 aromatic carbocycles. The summed E-state index contributed by atoms with van der Waals surface area (Å²) in [5.41, 5.74) is 1.19. The number of benzene rings is 1. The van der Waals surface area contributed by atoms with Crippen LogP contribution in [-0.2, 0) is 17.8 Å². The van der Waals surface area contributed by atoms with Crippen molar-refractivity contribution in [2.24, 2.45) is 4.99 Å². The largest absolute Gasteiger partial charge is 0.356 e. The normalized spacial score (nSPS) is 13.8. The van der Waals surface area contributed by atoms with Gasteiger partial charge in [0.1, 0.15) is 18.2 Å². The van der Waals surface area contributed by atoms with Crippen LogP contribution in [0.1, 0.15) is 24.5 Å². The SMILES string of the molecule is CCCNC(=NCC(=O)N(C)C)N1CCc2c(F)cc(F)cc2C1.I. The molecule has 25 heavy (non-hydrogen) atoms. The number of nitrogens with one attached hydrogen (secondary N) is 1. The monoisotopic (exact) mass is 466 g/mol. The van der Waals surface area contributed by atoms with Gasteiger partial charge in [0.05, 0.1) is 0 Å². The molecule has 5 nitrogen and oxygen atoms in total. The summed E-state index contributed by atoms with van der Waals surface area (Å²) in [5.74, 6) is -0.564. The van der Waals surface area contributed by atoms with Gasteiger partial charge < -0.3 is 15.1 Å². The number of guanidine groups is 1. The van der Waals surface area contributed by atoms with Crippen LogP contribution >= 0.6 is 24.0 Å². The van der Waals surface area contributed by atoms with E-state index < -0.39 is 11.6 Å². The van der Waals surface area contributed by atoms with Crippen LogP contribution in [0, 0.1) is 11.6 Å². The molecule has 1 aliphatic heterocycles. The van der Waals surface area contributed by atoms with E-state index in [-0.39, 0.29) is 36.4 Å². The number of halogens is 3. The maximum absolute atomic E-state index is 13.9. The molecule has 1 N–H and O–H groups in total. The Morgan fingerprint density at radius 2 is 2.08 bits per heavy atom. The summed E-state index contributed by atoms with van der Waals surface area (Å²) in [7, 11) is 3.36. The molecule has 0 unspecified atom stereocenters. The average Bonchev–Trinajstić information content (AvgIpc) is 2.53. The van der Waals surface area contributed by atoms with Crippen molar-refractivity contribution < 1.29 is 13.6 Å². The van der Waals surface area contributed by atoms with Crippen molar-refractivity contribution in [1.29, 1.82) is 0 Å². The molecule has 0 radical (unpaired) electrons. The second-order valence-corrected chi connectivity index (χ2v) is 6.05. The van der Waals surface area contributed by atoms with Crippen LogP contribution < -0.4 is 5.32 Å². The van der Waals surface area contributed by atoms with Crippen molar-refractivity contribution in [2.75, 3.05) is 33.7 Å². The van der Waals surface area contributed by atoms with Crippen molar-refractivity contribution in [3.05, 3.63) is 34.9 Å². The third-order valence-corrected chi connectivity index (χ3v) is 3.94. The number of nitrogens with zero attached hydrogens (tertiary/aromatic N) is 3. The van der Waals surface area contributed by atoms with Crippen LogP contribution in [-0.4, -0.2) is 55.4 Å². The van der Waals surface area contributed by atoms with E-state index in [2.05, 4.69) is 10.3 Å². The van der Waals surface area contributed by atoms with Crippen molar-refractivity contribution in [3.63, 3.8) is 0 Å². The quantitative estimate of drug-likeness (QED) is 0.421. The van der Waals surface area contributed by atoms with E-state index in [0.29, 0.717) is 36.6 Å². The van der Waals surface area contributed by atoms with E-state index >= 15 is 0 Å². The van der Waals surface area contributed by atoms with Gasteiger partial charge in [-0.25, -0.2) is 13.8 Å². The predicted octanol–water partition coefficient (Wildman–Crippen LogP) is 2.38. The molecule has 2 rings (SSSR count). The Morgan fingerprint density at radius 1 is 1.36 bits per heavy atom. The molecule has 0 saturated carbocycles. The molecular weight excluding hydrogens is 441 g/mol. The van der Waals surface area contributed by atoms with Crippen LogP contribution in [0.15, 0.2) is 17.1 Å². The van der Waals surface area contributed by atoms with Crippen LogP contribution in [0.4, 0.5) is 8.78 Å². The fraction of sp³-hybridized carbons (Fsp3) is 0.529. The van der Waals surface area contributed by atoms with E-state index in [0.717, 1.165) is 19.0 Å². The van der Waals surface area contributed by atoms with Crippen molar-refractivity contribution >= 4 is 35.8 Å². The minimum Gasteiger partial charge on any atom is -0.356 e. The van der Waals surface area contributed by atoms with E-state index in [1.54, 1.807) is 14.1 Å². The Kier molecular flexibility index (Phi) is 8.54. The van der Waals surface area contributed by atoms with E-state index in [9.17, 15) is 13.6 Å². The van der Waals surface area contributed by atoms with Gasteiger partial charge in [-0.1, -0.05) is 6.92 Å². The average molecular weight is 466 g/mol. The van der Waals surface area contributed by atoms with Crippen LogP contribution in [0.5, 0.6) is 0 Å².